The molecule has 0 spiro atoms. The topological polar surface area (TPSA) is 65.5 Å². The minimum atomic E-state index is -0.0380. The Hall–Kier alpha value is -3.03. The molecule has 3 aromatic rings. The molecule has 1 N–H and O–H groups in total. The van der Waals surface area contributed by atoms with Crippen LogP contribution < -0.4 is 5.32 Å². The minimum absolute atomic E-state index is 0.00371. The molecule has 1 aliphatic heterocycles. The second-order valence-electron chi connectivity index (χ2n) is 7.93. The zero-order valence-electron chi connectivity index (χ0n) is 18.0. The molecule has 1 saturated heterocycles. The zero-order valence-corrected chi connectivity index (χ0v) is 18.8. The van der Waals surface area contributed by atoms with Crippen LogP contribution in [0.4, 0.5) is 0 Å². The van der Waals surface area contributed by atoms with Gasteiger partial charge < -0.3 is 10.2 Å². The van der Waals surface area contributed by atoms with Crippen LogP contribution >= 0.6 is 11.3 Å². The molecule has 1 aromatic carbocycles. The lowest BCUT2D eigenvalue weighted by molar-refractivity contribution is -0.122. The highest BCUT2D eigenvalue weighted by molar-refractivity contribution is 7.12. The number of hydrogen-bond acceptors (Lipinski definition) is 5. The van der Waals surface area contributed by atoms with E-state index in [2.05, 4.69) is 27.3 Å². The van der Waals surface area contributed by atoms with Crippen LogP contribution in [0.5, 0.6) is 0 Å². The van der Waals surface area contributed by atoms with Crippen LogP contribution in [0.25, 0.3) is 0 Å². The molecule has 1 fully saturated rings. The number of pyridine rings is 1. The summed E-state index contributed by atoms with van der Waals surface area (Å²) in [5.74, 6) is 0.0396. The molecule has 1 atom stereocenters. The SMILES string of the molecule is O=C1CC(c2ccccc2)N(Cc2ccncc2)CCCN(C(=O)c2cccs2)CCN1. The van der Waals surface area contributed by atoms with Crippen LogP contribution in [0.15, 0.2) is 72.4 Å². The summed E-state index contributed by atoms with van der Waals surface area (Å²) in [6.07, 6.45) is 4.81. The molecule has 0 radical (unpaired) electrons. The normalized spacial score (nSPS) is 18.6. The Bertz CT molecular complexity index is 995. The Morgan fingerprint density at radius 2 is 1.84 bits per heavy atom. The Morgan fingerprint density at radius 1 is 1.03 bits per heavy atom. The van der Waals surface area contributed by atoms with E-state index >= 15 is 0 Å². The predicted molar refractivity (Wildman–Crippen MR) is 126 cm³/mol. The van der Waals surface area contributed by atoms with Gasteiger partial charge in [-0.25, -0.2) is 0 Å². The van der Waals surface area contributed by atoms with Gasteiger partial charge in [0.05, 0.1) is 4.88 Å². The van der Waals surface area contributed by atoms with Crippen molar-refractivity contribution in [1.29, 1.82) is 0 Å². The fourth-order valence-corrected chi connectivity index (χ4v) is 4.81. The molecule has 1 unspecified atom stereocenters. The molecule has 2 amide bonds. The lowest BCUT2D eigenvalue weighted by Crippen LogP contribution is -2.38. The molecule has 0 bridgehead atoms. The van der Waals surface area contributed by atoms with Crippen molar-refractivity contribution in [2.45, 2.75) is 25.4 Å². The van der Waals surface area contributed by atoms with Gasteiger partial charge in [0.2, 0.25) is 5.91 Å². The number of aromatic nitrogens is 1. The second kappa shape index (κ2) is 11.0. The number of thiophene rings is 1. The molecule has 2 aromatic heterocycles. The summed E-state index contributed by atoms with van der Waals surface area (Å²) in [6, 6.07) is 18.0. The van der Waals surface area contributed by atoms with Gasteiger partial charge in [0.25, 0.3) is 5.91 Å². The average molecular weight is 449 g/mol. The van der Waals surface area contributed by atoms with Gasteiger partial charge in [0.1, 0.15) is 0 Å². The van der Waals surface area contributed by atoms with Crippen LogP contribution in [0.3, 0.4) is 0 Å². The number of carbonyl (C=O) groups excluding carboxylic acids is 2. The summed E-state index contributed by atoms with van der Waals surface area (Å²) in [7, 11) is 0. The average Bonchev–Trinajstić information content (AvgIpc) is 3.36. The van der Waals surface area contributed by atoms with E-state index in [-0.39, 0.29) is 17.9 Å². The van der Waals surface area contributed by atoms with Crippen molar-refractivity contribution >= 4 is 23.2 Å². The number of nitrogens with one attached hydrogen (secondary N) is 1. The van der Waals surface area contributed by atoms with Gasteiger partial charge in [-0.2, -0.15) is 0 Å². The lowest BCUT2D eigenvalue weighted by Gasteiger charge is -2.32. The van der Waals surface area contributed by atoms with Crippen molar-refractivity contribution < 1.29 is 9.59 Å². The third kappa shape index (κ3) is 5.81. The van der Waals surface area contributed by atoms with Gasteiger partial charge in [0.15, 0.2) is 0 Å². The van der Waals surface area contributed by atoms with E-state index in [1.807, 2.05) is 52.7 Å². The second-order valence-corrected chi connectivity index (χ2v) is 8.88. The highest BCUT2D eigenvalue weighted by Crippen LogP contribution is 2.27. The van der Waals surface area contributed by atoms with Crippen LogP contribution in [0.1, 0.15) is 39.7 Å². The molecule has 7 heteroatoms. The van der Waals surface area contributed by atoms with Gasteiger partial charge in [-0.3, -0.25) is 19.5 Å². The zero-order chi connectivity index (χ0) is 22.2. The highest BCUT2D eigenvalue weighted by Gasteiger charge is 2.25. The first-order valence-electron chi connectivity index (χ1n) is 11.0. The molecule has 0 aliphatic carbocycles. The lowest BCUT2D eigenvalue weighted by atomic mass is 10.00. The summed E-state index contributed by atoms with van der Waals surface area (Å²) in [5, 5.41) is 4.95. The van der Waals surface area contributed by atoms with E-state index in [4.69, 9.17) is 0 Å². The maximum atomic E-state index is 13.0. The third-order valence-electron chi connectivity index (χ3n) is 5.74. The van der Waals surface area contributed by atoms with E-state index in [0.29, 0.717) is 32.6 Å². The van der Waals surface area contributed by atoms with E-state index in [1.165, 1.54) is 11.3 Å². The van der Waals surface area contributed by atoms with Crippen LogP contribution in [0, 0.1) is 0 Å². The van der Waals surface area contributed by atoms with Gasteiger partial charge in [-0.1, -0.05) is 36.4 Å². The predicted octanol–water partition coefficient (Wildman–Crippen LogP) is 3.74. The summed E-state index contributed by atoms with van der Waals surface area (Å²) in [4.78, 5) is 34.9. The molecule has 6 nitrogen and oxygen atoms in total. The van der Waals surface area contributed by atoms with E-state index < -0.39 is 0 Å². The monoisotopic (exact) mass is 448 g/mol. The number of carbonyl (C=O) groups is 2. The number of benzene rings is 1. The molecule has 3 heterocycles. The third-order valence-corrected chi connectivity index (χ3v) is 6.59. The van der Waals surface area contributed by atoms with Crippen LogP contribution in [-0.2, 0) is 11.3 Å². The summed E-state index contributed by atoms with van der Waals surface area (Å²) in [6.45, 7) is 3.13. The van der Waals surface area contributed by atoms with Gasteiger partial charge in [-0.15, -0.1) is 11.3 Å². The molecule has 166 valence electrons. The number of amides is 2. The fourth-order valence-electron chi connectivity index (χ4n) is 4.11. The largest absolute Gasteiger partial charge is 0.354 e. The first-order chi connectivity index (χ1) is 15.7. The summed E-state index contributed by atoms with van der Waals surface area (Å²) < 4.78 is 0. The van der Waals surface area contributed by atoms with Crippen molar-refractivity contribution in [1.82, 2.24) is 20.1 Å². The molecule has 1 aliphatic rings. The van der Waals surface area contributed by atoms with Crippen molar-refractivity contribution in [2.75, 3.05) is 26.2 Å². The van der Waals surface area contributed by atoms with Gasteiger partial charge in [0, 0.05) is 57.6 Å². The van der Waals surface area contributed by atoms with Gasteiger partial charge in [-0.05, 0) is 41.1 Å². The minimum Gasteiger partial charge on any atom is -0.354 e. The van der Waals surface area contributed by atoms with Crippen LogP contribution in [0.2, 0.25) is 0 Å². The molecule has 0 saturated carbocycles. The van der Waals surface area contributed by atoms with Crippen molar-refractivity contribution in [3.63, 3.8) is 0 Å². The van der Waals surface area contributed by atoms with E-state index in [9.17, 15) is 9.59 Å². The Labute approximate surface area is 192 Å². The van der Waals surface area contributed by atoms with Gasteiger partial charge >= 0.3 is 0 Å². The standard InChI is InChI=1S/C25H28N4O2S/c30-24-18-22(21-6-2-1-3-7-21)29(19-20-9-11-26-12-10-20)15-5-14-28(16-13-27-24)25(31)23-8-4-17-32-23/h1-4,6-12,17,22H,5,13-16,18-19H2,(H,27,30). The Balaban J connectivity index is 1.57. The van der Waals surface area contributed by atoms with Crippen LogP contribution in [-0.4, -0.2) is 52.8 Å². The fraction of sp³-hybridized carbons (Fsp3) is 0.320. The first-order valence-corrected chi connectivity index (χ1v) is 11.9. The molecule has 4 rings (SSSR count). The molecule has 32 heavy (non-hydrogen) atoms. The number of hydrogen-bond donors (Lipinski definition) is 1. The highest BCUT2D eigenvalue weighted by atomic mass is 32.1. The maximum Gasteiger partial charge on any atom is 0.263 e. The smallest absolute Gasteiger partial charge is 0.263 e. The number of nitrogens with zero attached hydrogens (tertiary/aromatic N) is 3. The van der Waals surface area contributed by atoms with Crippen molar-refractivity contribution in [3.05, 3.63) is 88.4 Å². The number of rotatable bonds is 4. The first kappa shape index (κ1) is 22.2. The van der Waals surface area contributed by atoms with E-state index in [0.717, 1.165) is 29.0 Å². The van der Waals surface area contributed by atoms with Crippen molar-refractivity contribution in [2.24, 2.45) is 0 Å². The Kier molecular flexibility index (Phi) is 7.64. The summed E-state index contributed by atoms with van der Waals surface area (Å²) in [5.41, 5.74) is 2.28. The quantitative estimate of drug-likeness (QED) is 0.660. The van der Waals surface area contributed by atoms with E-state index in [1.54, 1.807) is 12.4 Å². The van der Waals surface area contributed by atoms with Crippen molar-refractivity contribution in [3.8, 4) is 0 Å². The molecular formula is C25H28N4O2S. The summed E-state index contributed by atoms with van der Waals surface area (Å²) >= 11 is 1.46. The molecular weight excluding hydrogens is 420 g/mol. The maximum absolute atomic E-state index is 13.0. The Morgan fingerprint density at radius 3 is 2.59 bits per heavy atom.